The third kappa shape index (κ3) is 3.52. The molecule has 0 fully saturated rings. The van der Waals surface area contributed by atoms with E-state index >= 15 is 0 Å². The van der Waals surface area contributed by atoms with Crippen molar-refractivity contribution in [1.82, 2.24) is 14.1 Å². The molecule has 0 radical (unpaired) electrons. The van der Waals surface area contributed by atoms with E-state index in [0.29, 0.717) is 0 Å². The van der Waals surface area contributed by atoms with Gasteiger partial charge >= 0.3 is 0 Å². The van der Waals surface area contributed by atoms with Gasteiger partial charge in [0.25, 0.3) is 0 Å². The van der Waals surface area contributed by atoms with E-state index in [9.17, 15) is 13.2 Å². The highest BCUT2D eigenvalue weighted by atomic mass is 32.2. The molecule has 2 aromatic carbocycles. The highest BCUT2D eigenvalue weighted by Gasteiger charge is 2.40. The summed E-state index contributed by atoms with van der Waals surface area (Å²) < 4.78 is 29.6. The topological polar surface area (TPSA) is 72.3 Å². The molecule has 2 heterocycles. The average molecular weight is 410 g/mol. The number of carbonyl (C=O) groups excluding carboxylic acids is 1. The summed E-state index contributed by atoms with van der Waals surface area (Å²) in [7, 11) is -3.75. The summed E-state index contributed by atoms with van der Waals surface area (Å²) in [6.07, 6.45) is 0.0318. The fourth-order valence-electron chi connectivity index (χ4n) is 3.88. The Kier molecular flexibility index (Phi) is 4.88. The average Bonchev–Trinajstić information content (AvgIpc) is 3.22. The molecule has 29 heavy (non-hydrogen) atoms. The van der Waals surface area contributed by atoms with Crippen LogP contribution in [0.25, 0.3) is 0 Å². The van der Waals surface area contributed by atoms with E-state index in [4.69, 9.17) is 0 Å². The summed E-state index contributed by atoms with van der Waals surface area (Å²) in [5, 5.41) is 4.26. The number of carbonyl (C=O) groups is 1. The SMILES string of the molecule is Cc1ccc(S(=O)(=O)N2Cc3ccccc3[C@H]2CC(=O)n2nc(C)cc2C)cc1. The monoisotopic (exact) mass is 409 g/mol. The van der Waals surface area contributed by atoms with Crippen molar-refractivity contribution in [3.8, 4) is 0 Å². The van der Waals surface area contributed by atoms with Crippen LogP contribution in [-0.2, 0) is 16.6 Å². The lowest BCUT2D eigenvalue weighted by Gasteiger charge is -2.24. The Labute approximate surface area is 170 Å². The molecule has 1 atom stereocenters. The van der Waals surface area contributed by atoms with Gasteiger partial charge in [0.05, 0.1) is 16.6 Å². The fourth-order valence-corrected chi connectivity index (χ4v) is 5.46. The molecule has 0 saturated carbocycles. The first-order valence-corrected chi connectivity index (χ1v) is 10.9. The minimum atomic E-state index is -3.75. The van der Waals surface area contributed by atoms with Crippen molar-refractivity contribution < 1.29 is 13.2 Å². The number of hydrogen-bond acceptors (Lipinski definition) is 4. The standard InChI is InChI=1S/C22H23N3O3S/c1-15-8-10-19(11-9-15)29(27,28)24-14-18-6-4-5-7-20(18)21(24)13-22(26)25-17(3)12-16(2)23-25/h4-12,21H,13-14H2,1-3H3/t21-/m1/s1. The Morgan fingerprint density at radius 3 is 2.41 bits per heavy atom. The Morgan fingerprint density at radius 2 is 1.76 bits per heavy atom. The number of nitrogens with zero attached hydrogens (tertiary/aromatic N) is 3. The summed E-state index contributed by atoms with van der Waals surface area (Å²) in [4.78, 5) is 13.2. The highest BCUT2D eigenvalue weighted by Crippen LogP contribution is 2.40. The van der Waals surface area contributed by atoms with Crippen molar-refractivity contribution >= 4 is 15.9 Å². The van der Waals surface area contributed by atoms with Gasteiger partial charge in [-0.15, -0.1) is 0 Å². The highest BCUT2D eigenvalue weighted by molar-refractivity contribution is 7.89. The normalized spacial score (nSPS) is 16.7. The van der Waals surface area contributed by atoms with E-state index in [1.807, 2.05) is 51.1 Å². The Bertz CT molecular complexity index is 1180. The van der Waals surface area contributed by atoms with E-state index < -0.39 is 16.1 Å². The van der Waals surface area contributed by atoms with Crippen molar-refractivity contribution in [2.24, 2.45) is 0 Å². The van der Waals surface area contributed by atoms with Gasteiger partial charge in [-0.2, -0.15) is 9.40 Å². The van der Waals surface area contributed by atoms with Crippen molar-refractivity contribution in [1.29, 1.82) is 0 Å². The summed E-state index contributed by atoms with van der Waals surface area (Å²) in [6, 6.07) is 15.7. The Morgan fingerprint density at radius 1 is 1.07 bits per heavy atom. The molecule has 0 saturated heterocycles. The molecule has 3 aromatic rings. The van der Waals surface area contributed by atoms with Crippen LogP contribution in [0.3, 0.4) is 0 Å². The summed E-state index contributed by atoms with van der Waals surface area (Å²) in [6.45, 7) is 5.82. The van der Waals surface area contributed by atoms with Crippen molar-refractivity contribution in [2.45, 2.75) is 44.7 Å². The number of hydrogen-bond donors (Lipinski definition) is 0. The molecule has 1 aromatic heterocycles. The number of benzene rings is 2. The molecule has 0 bridgehead atoms. The smallest absolute Gasteiger partial charge is 0.249 e. The van der Waals surface area contributed by atoms with Crippen LogP contribution in [0.1, 0.15) is 45.3 Å². The second-order valence-electron chi connectivity index (χ2n) is 7.51. The fraction of sp³-hybridized carbons (Fsp3) is 0.273. The van der Waals surface area contributed by atoms with Gasteiger partial charge in [0.1, 0.15) is 0 Å². The number of sulfonamides is 1. The van der Waals surface area contributed by atoms with Gasteiger partial charge < -0.3 is 0 Å². The zero-order chi connectivity index (χ0) is 20.8. The van der Waals surface area contributed by atoms with Crippen LogP contribution in [0.5, 0.6) is 0 Å². The first-order chi connectivity index (χ1) is 13.8. The van der Waals surface area contributed by atoms with E-state index in [-0.39, 0.29) is 23.8 Å². The molecular formula is C22H23N3O3S. The van der Waals surface area contributed by atoms with Crippen LogP contribution < -0.4 is 0 Å². The van der Waals surface area contributed by atoms with Crippen LogP contribution in [-0.4, -0.2) is 28.4 Å². The molecule has 0 N–H and O–H groups in total. The molecule has 0 unspecified atom stereocenters. The first-order valence-electron chi connectivity index (χ1n) is 9.50. The lowest BCUT2D eigenvalue weighted by molar-refractivity contribution is 0.0856. The summed E-state index contributed by atoms with van der Waals surface area (Å²) >= 11 is 0. The number of aromatic nitrogens is 2. The van der Waals surface area contributed by atoms with Crippen LogP contribution in [0.4, 0.5) is 0 Å². The zero-order valence-electron chi connectivity index (χ0n) is 16.7. The molecule has 7 heteroatoms. The Hall–Kier alpha value is -2.77. The third-order valence-corrected chi connectivity index (χ3v) is 7.20. The maximum absolute atomic E-state index is 13.4. The first kappa shape index (κ1) is 19.5. The molecular weight excluding hydrogens is 386 g/mol. The molecule has 6 nitrogen and oxygen atoms in total. The molecule has 0 amide bonds. The Balaban J connectivity index is 1.72. The molecule has 0 spiro atoms. The molecule has 150 valence electrons. The minimum absolute atomic E-state index is 0.0318. The maximum Gasteiger partial charge on any atom is 0.249 e. The van der Waals surface area contributed by atoms with Crippen molar-refractivity contribution in [3.63, 3.8) is 0 Å². The number of rotatable bonds is 4. The maximum atomic E-state index is 13.4. The number of aryl methyl sites for hydroxylation is 3. The number of fused-ring (bicyclic) bond motifs is 1. The van der Waals surface area contributed by atoms with Gasteiger partial charge in [0.2, 0.25) is 15.9 Å². The van der Waals surface area contributed by atoms with Gasteiger partial charge in [-0.25, -0.2) is 13.1 Å². The lowest BCUT2D eigenvalue weighted by atomic mass is 10.0. The zero-order valence-corrected chi connectivity index (χ0v) is 17.5. The van der Waals surface area contributed by atoms with Gasteiger partial charge in [-0.1, -0.05) is 42.0 Å². The minimum Gasteiger partial charge on any atom is -0.272 e. The van der Waals surface area contributed by atoms with Crippen molar-refractivity contribution in [2.75, 3.05) is 0 Å². The van der Waals surface area contributed by atoms with Crippen LogP contribution >= 0.6 is 0 Å². The predicted molar refractivity (Wildman–Crippen MR) is 110 cm³/mol. The third-order valence-electron chi connectivity index (χ3n) is 5.33. The largest absolute Gasteiger partial charge is 0.272 e. The van der Waals surface area contributed by atoms with Crippen LogP contribution in [0.15, 0.2) is 59.5 Å². The van der Waals surface area contributed by atoms with E-state index in [1.165, 1.54) is 8.99 Å². The summed E-state index contributed by atoms with van der Waals surface area (Å²) in [5.41, 5.74) is 4.29. The predicted octanol–water partition coefficient (Wildman–Crippen LogP) is 3.78. The van der Waals surface area contributed by atoms with E-state index in [1.54, 1.807) is 24.3 Å². The van der Waals surface area contributed by atoms with Gasteiger partial charge in [0.15, 0.2) is 0 Å². The van der Waals surface area contributed by atoms with Gasteiger partial charge in [-0.05, 0) is 50.1 Å². The summed E-state index contributed by atoms with van der Waals surface area (Å²) in [5.74, 6) is -0.221. The van der Waals surface area contributed by atoms with Gasteiger partial charge in [0, 0.05) is 18.7 Å². The molecule has 1 aliphatic heterocycles. The quantitative estimate of drug-likeness (QED) is 0.657. The van der Waals surface area contributed by atoms with Gasteiger partial charge in [-0.3, -0.25) is 4.79 Å². The second kappa shape index (κ2) is 7.24. The van der Waals surface area contributed by atoms with E-state index in [2.05, 4.69) is 5.10 Å². The van der Waals surface area contributed by atoms with Crippen LogP contribution in [0.2, 0.25) is 0 Å². The molecule has 4 rings (SSSR count). The lowest BCUT2D eigenvalue weighted by Crippen LogP contribution is -2.32. The van der Waals surface area contributed by atoms with E-state index in [0.717, 1.165) is 28.1 Å². The van der Waals surface area contributed by atoms with Crippen LogP contribution in [0, 0.1) is 20.8 Å². The second-order valence-corrected chi connectivity index (χ2v) is 9.41. The molecule has 1 aliphatic rings. The van der Waals surface area contributed by atoms with Crippen molar-refractivity contribution in [3.05, 3.63) is 82.7 Å². The molecule has 0 aliphatic carbocycles.